The summed E-state index contributed by atoms with van der Waals surface area (Å²) in [5.74, 6) is -1.56. The molecule has 0 aromatic carbocycles. The zero-order valence-corrected chi connectivity index (χ0v) is 8.24. The van der Waals surface area contributed by atoms with Gasteiger partial charge < -0.3 is 5.11 Å². The lowest BCUT2D eigenvalue weighted by atomic mass is 9.98. The third-order valence-electron chi connectivity index (χ3n) is 2.24. The number of hydrogen-bond acceptors (Lipinski definition) is 3. The summed E-state index contributed by atoms with van der Waals surface area (Å²) >= 11 is 0. The van der Waals surface area contributed by atoms with Crippen molar-refractivity contribution in [2.45, 2.75) is 38.6 Å². The molecule has 0 atom stereocenters. The Morgan fingerprint density at radius 2 is 1.79 bits per heavy atom. The largest absolute Gasteiger partial charge is 0.481 e. The quantitative estimate of drug-likeness (QED) is 0.667. The highest BCUT2D eigenvalue weighted by Crippen LogP contribution is 2.25. The second-order valence-corrected chi connectivity index (χ2v) is 4.01. The Balaban J connectivity index is 2.85. The second kappa shape index (κ2) is 3.40. The Morgan fingerprint density at radius 3 is 2.14 bits per heavy atom. The molecule has 1 aliphatic heterocycles. The first kappa shape index (κ1) is 10.7. The van der Waals surface area contributed by atoms with E-state index in [0.717, 1.165) is 4.90 Å². The van der Waals surface area contributed by atoms with E-state index >= 15 is 0 Å². The third-order valence-corrected chi connectivity index (χ3v) is 2.24. The minimum Gasteiger partial charge on any atom is -0.481 e. The zero-order chi connectivity index (χ0) is 10.9. The topological polar surface area (TPSA) is 74.7 Å². The molecule has 5 heteroatoms. The van der Waals surface area contributed by atoms with Gasteiger partial charge in [0.25, 0.3) is 0 Å². The highest BCUT2D eigenvalue weighted by Gasteiger charge is 2.41. The zero-order valence-electron chi connectivity index (χ0n) is 8.24. The molecule has 0 bridgehead atoms. The number of hydrogen-bond donors (Lipinski definition) is 1. The second-order valence-electron chi connectivity index (χ2n) is 4.01. The van der Waals surface area contributed by atoms with Gasteiger partial charge in [-0.3, -0.25) is 19.3 Å². The van der Waals surface area contributed by atoms with Crippen LogP contribution in [-0.4, -0.2) is 33.3 Å². The van der Waals surface area contributed by atoms with Gasteiger partial charge in [-0.1, -0.05) is 0 Å². The van der Waals surface area contributed by atoms with E-state index in [9.17, 15) is 14.4 Å². The van der Waals surface area contributed by atoms with Crippen LogP contribution in [0.1, 0.15) is 33.1 Å². The number of likely N-dealkylation sites (tertiary alicyclic amines) is 1. The lowest BCUT2D eigenvalue weighted by Crippen LogP contribution is -2.48. The summed E-state index contributed by atoms with van der Waals surface area (Å²) in [7, 11) is 0. The molecule has 0 radical (unpaired) electrons. The van der Waals surface area contributed by atoms with Crippen molar-refractivity contribution in [3.05, 3.63) is 0 Å². The Kier molecular flexibility index (Phi) is 2.59. The van der Waals surface area contributed by atoms with Gasteiger partial charge in [0.05, 0.1) is 12.0 Å². The average Bonchev–Trinajstić information content (AvgIpc) is 2.27. The Morgan fingerprint density at radius 1 is 1.36 bits per heavy atom. The van der Waals surface area contributed by atoms with E-state index in [2.05, 4.69) is 0 Å². The molecule has 14 heavy (non-hydrogen) atoms. The van der Waals surface area contributed by atoms with Gasteiger partial charge in [0.15, 0.2) is 0 Å². The summed E-state index contributed by atoms with van der Waals surface area (Å²) in [6.07, 6.45) is 0.175. The molecule has 0 spiro atoms. The van der Waals surface area contributed by atoms with Crippen LogP contribution in [0.3, 0.4) is 0 Å². The molecule has 0 aromatic heterocycles. The monoisotopic (exact) mass is 199 g/mol. The molecule has 5 nitrogen and oxygen atoms in total. The molecular formula is C9H13NO4. The van der Waals surface area contributed by atoms with E-state index in [1.807, 2.05) is 0 Å². The van der Waals surface area contributed by atoms with Crippen molar-refractivity contribution in [2.24, 2.45) is 0 Å². The van der Waals surface area contributed by atoms with E-state index in [1.165, 1.54) is 0 Å². The minimum absolute atomic E-state index is 0.196. The molecule has 1 fully saturated rings. The number of carbonyl (C=O) groups excluding carboxylic acids is 2. The molecule has 0 saturated carbocycles. The van der Waals surface area contributed by atoms with Crippen LogP contribution in [0.4, 0.5) is 0 Å². The van der Waals surface area contributed by atoms with Gasteiger partial charge in [0, 0.05) is 12.8 Å². The van der Waals surface area contributed by atoms with Crippen molar-refractivity contribution in [3.63, 3.8) is 0 Å². The first-order valence-corrected chi connectivity index (χ1v) is 4.42. The fourth-order valence-corrected chi connectivity index (χ4v) is 1.70. The molecule has 1 heterocycles. The molecule has 1 N–H and O–H groups in total. The number of carboxylic acid groups (broad SMARTS) is 1. The summed E-state index contributed by atoms with van der Waals surface area (Å²) in [5.41, 5.74) is -0.920. The van der Waals surface area contributed by atoms with Crippen LogP contribution < -0.4 is 0 Å². The van der Waals surface area contributed by atoms with Crippen molar-refractivity contribution in [2.75, 3.05) is 0 Å². The van der Waals surface area contributed by atoms with Crippen LogP contribution in [0.5, 0.6) is 0 Å². The van der Waals surface area contributed by atoms with Gasteiger partial charge in [0.2, 0.25) is 11.8 Å². The van der Waals surface area contributed by atoms with Crippen LogP contribution in [0.15, 0.2) is 0 Å². The smallest absolute Gasteiger partial charge is 0.305 e. The number of aliphatic carboxylic acids is 1. The SMILES string of the molecule is CC(C)(CC(=O)O)N1C(=O)CCC1=O. The van der Waals surface area contributed by atoms with Crippen LogP contribution in [-0.2, 0) is 14.4 Å². The number of carboxylic acids is 1. The predicted octanol–water partition coefficient (Wildman–Crippen LogP) is 0.389. The Hall–Kier alpha value is -1.39. The van der Waals surface area contributed by atoms with Crippen molar-refractivity contribution in [1.82, 2.24) is 4.90 Å². The van der Waals surface area contributed by atoms with Gasteiger partial charge in [-0.2, -0.15) is 0 Å². The van der Waals surface area contributed by atoms with E-state index < -0.39 is 11.5 Å². The number of imide groups is 1. The number of carbonyl (C=O) groups is 3. The molecule has 0 aromatic rings. The van der Waals surface area contributed by atoms with Crippen molar-refractivity contribution in [1.29, 1.82) is 0 Å². The number of rotatable bonds is 3. The summed E-state index contributed by atoms with van der Waals surface area (Å²) < 4.78 is 0. The predicted molar refractivity (Wildman–Crippen MR) is 47.4 cm³/mol. The van der Waals surface area contributed by atoms with E-state index in [0.29, 0.717) is 0 Å². The summed E-state index contributed by atoms with van der Waals surface area (Å²) in [6, 6.07) is 0. The van der Waals surface area contributed by atoms with Gasteiger partial charge >= 0.3 is 5.97 Å². The molecular weight excluding hydrogens is 186 g/mol. The molecule has 2 amide bonds. The Bertz CT molecular complexity index is 279. The minimum atomic E-state index is -1.01. The average molecular weight is 199 g/mol. The lowest BCUT2D eigenvalue weighted by molar-refractivity contribution is -0.148. The molecule has 1 rings (SSSR count). The fraction of sp³-hybridized carbons (Fsp3) is 0.667. The maximum Gasteiger partial charge on any atom is 0.305 e. The molecule has 78 valence electrons. The fourth-order valence-electron chi connectivity index (χ4n) is 1.70. The van der Waals surface area contributed by atoms with Crippen LogP contribution >= 0.6 is 0 Å². The van der Waals surface area contributed by atoms with E-state index in [1.54, 1.807) is 13.8 Å². The van der Waals surface area contributed by atoms with Crippen molar-refractivity contribution in [3.8, 4) is 0 Å². The number of nitrogens with zero attached hydrogens (tertiary/aromatic N) is 1. The molecule has 1 aliphatic rings. The lowest BCUT2D eigenvalue weighted by Gasteiger charge is -2.32. The first-order valence-electron chi connectivity index (χ1n) is 4.42. The Labute approximate surface area is 81.7 Å². The highest BCUT2D eigenvalue weighted by atomic mass is 16.4. The number of amides is 2. The highest BCUT2D eigenvalue weighted by molar-refractivity contribution is 6.03. The standard InChI is InChI=1S/C9H13NO4/c1-9(2,5-8(13)14)10-6(11)3-4-7(10)12/h3-5H2,1-2H3,(H,13,14). The van der Waals surface area contributed by atoms with E-state index in [-0.39, 0.29) is 31.1 Å². The maximum atomic E-state index is 11.3. The van der Waals surface area contributed by atoms with Crippen LogP contribution in [0, 0.1) is 0 Å². The van der Waals surface area contributed by atoms with Crippen LogP contribution in [0.25, 0.3) is 0 Å². The molecule has 0 unspecified atom stereocenters. The third kappa shape index (κ3) is 1.92. The van der Waals surface area contributed by atoms with Gasteiger partial charge in [-0.05, 0) is 13.8 Å². The molecule has 0 aliphatic carbocycles. The van der Waals surface area contributed by atoms with Gasteiger partial charge in [-0.15, -0.1) is 0 Å². The van der Waals surface area contributed by atoms with Gasteiger partial charge in [0.1, 0.15) is 0 Å². The maximum absolute atomic E-state index is 11.3. The summed E-state index contributed by atoms with van der Waals surface area (Å²) in [6.45, 7) is 3.17. The van der Waals surface area contributed by atoms with Crippen LogP contribution in [0.2, 0.25) is 0 Å². The molecule has 1 saturated heterocycles. The summed E-state index contributed by atoms with van der Waals surface area (Å²) in [4.78, 5) is 34.3. The first-order chi connectivity index (χ1) is 6.34. The van der Waals surface area contributed by atoms with E-state index in [4.69, 9.17) is 5.11 Å². The van der Waals surface area contributed by atoms with Crippen molar-refractivity contribution >= 4 is 17.8 Å². The summed E-state index contributed by atoms with van der Waals surface area (Å²) in [5, 5.41) is 8.63. The normalized spacial score (nSPS) is 17.7. The van der Waals surface area contributed by atoms with Crippen molar-refractivity contribution < 1.29 is 19.5 Å². The van der Waals surface area contributed by atoms with Gasteiger partial charge in [-0.25, -0.2) is 0 Å².